The highest BCUT2D eigenvalue weighted by molar-refractivity contribution is 5.89. The summed E-state index contributed by atoms with van der Waals surface area (Å²) in [6, 6.07) is 6.50. The molecule has 1 heterocycles. The van der Waals surface area contributed by atoms with Gasteiger partial charge in [0.15, 0.2) is 5.43 Å². The summed E-state index contributed by atoms with van der Waals surface area (Å²) in [5, 5.41) is 0.458. The highest BCUT2D eigenvalue weighted by Gasteiger charge is 2.15. The van der Waals surface area contributed by atoms with E-state index in [1.807, 2.05) is 13.0 Å². The van der Waals surface area contributed by atoms with Crippen LogP contribution >= 0.6 is 0 Å². The van der Waals surface area contributed by atoms with Crippen molar-refractivity contribution in [2.24, 2.45) is 0 Å². The van der Waals surface area contributed by atoms with E-state index in [-0.39, 0.29) is 11.2 Å². The smallest absolute Gasteiger partial charge is 0.374 e. The number of hydrogen-bond acceptors (Lipinski definition) is 4. The van der Waals surface area contributed by atoms with E-state index in [4.69, 9.17) is 9.15 Å². The summed E-state index contributed by atoms with van der Waals surface area (Å²) < 4.78 is 10.7. The maximum absolute atomic E-state index is 12.1. The van der Waals surface area contributed by atoms with Crippen LogP contribution in [0.2, 0.25) is 0 Å². The topological polar surface area (TPSA) is 56.5 Å². The van der Waals surface area contributed by atoms with Crippen molar-refractivity contribution in [3.05, 3.63) is 58.5 Å². The van der Waals surface area contributed by atoms with E-state index in [1.54, 1.807) is 18.2 Å². The van der Waals surface area contributed by atoms with E-state index in [0.717, 1.165) is 18.4 Å². The molecule has 0 saturated heterocycles. The zero-order valence-corrected chi connectivity index (χ0v) is 12.1. The van der Waals surface area contributed by atoms with Crippen LogP contribution in [0.3, 0.4) is 0 Å². The van der Waals surface area contributed by atoms with Gasteiger partial charge in [-0.2, -0.15) is 0 Å². The Labute approximate surface area is 123 Å². The van der Waals surface area contributed by atoms with E-state index in [0.29, 0.717) is 24.0 Å². The summed E-state index contributed by atoms with van der Waals surface area (Å²) in [6.45, 7) is 6.01. The third kappa shape index (κ3) is 3.40. The van der Waals surface area contributed by atoms with E-state index < -0.39 is 5.97 Å². The van der Waals surface area contributed by atoms with Crippen molar-refractivity contribution in [1.29, 1.82) is 0 Å². The molecule has 4 nitrogen and oxygen atoms in total. The zero-order chi connectivity index (χ0) is 15.2. The summed E-state index contributed by atoms with van der Waals surface area (Å²) >= 11 is 0. The second-order valence-electron chi connectivity index (χ2n) is 4.75. The number of unbranched alkanes of at least 4 members (excludes halogenated alkanes) is 1. The van der Waals surface area contributed by atoms with E-state index in [1.165, 1.54) is 6.07 Å². The van der Waals surface area contributed by atoms with Crippen molar-refractivity contribution < 1.29 is 13.9 Å². The predicted molar refractivity (Wildman–Crippen MR) is 81.6 cm³/mol. The first kappa shape index (κ1) is 15.0. The molecule has 21 heavy (non-hydrogen) atoms. The van der Waals surface area contributed by atoms with Gasteiger partial charge in [-0.25, -0.2) is 4.79 Å². The Morgan fingerprint density at radius 3 is 2.95 bits per heavy atom. The Bertz CT molecular complexity index is 712. The normalized spacial score (nSPS) is 10.5. The van der Waals surface area contributed by atoms with Crippen molar-refractivity contribution in [2.75, 3.05) is 6.61 Å². The number of benzene rings is 1. The molecule has 4 heteroatoms. The van der Waals surface area contributed by atoms with Crippen LogP contribution in [0.5, 0.6) is 0 Å². The molecule has 2 rings (SSSR count). The van der Waals surface area contributed by atoms with E-state index in [2.05, 4.69) is 6.58 Å². The molecule has 0 amide bonds. The van der Waals surface area contributed by atoms with Gasteiger partial charge in [0, 0.05) is 6.07 Å². The maximum atomic E-state index is 12.1. The summed E-state index contributed by atoms with van der Waals surface area (Å²) in [5.74, 6) is -0.657. The number of ether oxygens (including phenoxy) is 1. The number of hydrogen-bond donors (Lipinski definition) is 0. The predicted octanol–water partition coefficient (Wildman–Crippen LogP) is 3.48. The monoisotopic (exact) mass is 286 g/mol. The third-order valence-electron chi connectivity index (χ3n) is 3.13. The second-order valence-corrected chi connectivity index (χ2v) is 4.75. The number of rotatable bonds is 6. The molecule has 0 radical (unpaired) electrons. The van der Waals surface area contributed by atoms with Gasteiger partial charge in [-0.15, -0.1) is 6.58 Å². The molecule has 0 aliphatic rings. The minimum Gasteiger partial charge on any atom is -0.460 e. The molecular weight excluding hydrogens is 268 g/mol. The molecular formula is C17H18O4. The van der Waals surface area contributed by atoms with Crippen LogP contribution in [-0.2, 0) is 11.2 Å². The number of allylic oxidation sites excluding steroid dienone is 1. The van der Waals surface area contributed by atoms with Gasteiger partial charge in [-0.3, -0.25) is 4.79 Å². The number of esters is 1. The van der Waals surface area contributed by atoms with Crippen molar-refractivity contribution >= 4 is 16.9 Å². The van der Waals surface area contributed by atoms with Crippen LogP contribution in [0.1, 0.15) is 35.9 Å². The minimum absolute atomic E-state index is 0.0554. The van der Waals surface area contributed by atoms with Crippen LogP contribution in [0.15, 0.2) is 46.1 Å². The molecule has 0 saturated carbocycles. The lowest BCUT2D eigenvalue weighted by atomic mass is 10.1. The zero-order valence-electron chi connectivity index (χ0n) is 12.1. The number of fused-ring (bicyclic) bond motifs is 1. The average Bonchev–Trinajstić information content (AvgIpc) is 2.48. The Balaban J connectivity index is 2.42. The van der Waals surface area contributed by atoms with Gasteiger partial charge in [-0.1, -0.05) is 31.6 Å². The molecule has 0 unspecified atom stereocenters. The van der Waals surface area contributed by atoms with Crippen molar-refractivity contribution in [1.82, 2.24) is 0 Å². The van der Waals surface area contributed by atoms with Crippen LogP contribution in [-0.4, -0.2) is 12.6 Å². The number of carbonyl (C=O) groups is 1. The number of para-hydroxylation sites is 1. The first-order valence-corrected chi connectivity index (χ1v) is 7.01. The fourth-order valence-corrected chi connectivity index (χ4v) is 2.03. The standard InChI is InChI=1S/C17H18O4/c1-3-5-10-20-17(19)15-11-14(18)13-9-6-8-12(7-4-2)16(13)21-15/h4,6,8-9,11H,2-3,5,7,10H2,1H3. The summed E-state index contributed by atoms with van der Waals surface area (Å²) in [6.07, 6.45) is 4.00. The molecule has 0 bridgehead atoms. The molecule has 0 aliphatic heterocycles. The molecule has 1 aromatic carbocycles. The fourth-order valence-electron chi connectivity index (χ4n) is 2.03. The molecule has 0 fully saturated rings. The Morgan fingerprint density at radius 1 is 1.43 bits per heavy atom. The molecule has 0 spiro atoms. The maximum Gasteiger partial charge on any atom is 0.374 e. The molecule has 0 aliphatic carbocycles. The first-order chi connectivity index (χ1) is 10.2. The molecule has 1 aromatic heterocycles. The van der Waals surface area contributed by atoms with E-state index >= 15 is 0 Å². The van der Waals surface area contributed by atoms with Crippen molar-refractivity contribution in [3.63, 3.8) is 0 Å². The SMILES string of the molecule is C=CCc1cccc2c(=O)cc(C(=O)OCCCC)oc12. The molecule has 0 atom stereocenters. The fraction of sp³-hybridized carbons (Fsp3) is 0.294. The van der Waals surface area contributed by atoms with E-state index in [9.17, 15) is 9.59 Å². The van der Waals surface area contributed by atoms with Crippen LogP contribution in [0, 0.1) is 0 Å². The Kier molecular flexibility index (Phi) is 4.93. The largest absolute Gasteiger partial charge is 0.460 e. The molecule has 0 N–H and O–H groups in total. The third-order valence-corrected chi connectivity index (χ3v) is 3.13. The summed E-state index contributed by atoms with van der Waals surface area (Å²) in [5.41, 5.74) is 1.000. The van der Waals surface area contributed by atoms with Gasteiger partial charge in [0.2, 0.25) is 5.76 Å². The van der Waals surface area contributed by atoms with Gasteiger partial charge in [0.25, 0.3) is 0 Å². The average molecular weight is 286 g/mol. The molecule has 110 valence electrons. The minimum atomic E-state index is -0.601. The lowest BCUT2D eigenvalue weighted by Crippen LogP contribution is -2.11. The molecule has 2 aromatic rings. The second kappa shape index (κ2) is 6.88. The van der Waals surface area contributed by atoms with Crippen molar-refractivity contribution in [3.8, 4) is 0 Å². The van der Waals surface area contributed by atoms with Crippen LogP contribution in [0.4, 0.5) is 0 Å². The van der Waals surface area contributed by atoms with Gasteiger partial charge in [0.1, 0.15) is 5.58 Å². The lowest BCUT2D eigenvalue weighted by Gasteiger charge is -2.06. The highest BCUT2D eigenvalue weighted by Crippen LogP contribution is 2.19. The van der Waals surface area contributed by atoms with Crippen LogP contribution in [0.25, 0.3) is 11.0 Å². The van der Waals surface area contributed by atoms with Gasteiger partial charge < -0.3 is 9.15 Å². The lowest BCUT2D eigenvalue weighted by molar-refractivity contribution is 0.0464. The highest BCUT2D eigenvalue weighted by atomic mass is 16.5. The Hall–Kier alpha value is -2.36. The van der Waals surface area contributed by atoms with Gasteiger partial charge in [0.05, 0.1) is 12.0 Å². The summed E-state index contributed by atoms with van der Waals surface area (Å²) in [7, 11) is 0. The Morgan fingerprint density at radius 2 is 2.24 bits per heavy atom. The van der Waals surface area contributed by atoms with Gasteiger partial charge >= 0.3 is 5.97 Å². The quantitative estimate of drug-likeness (QED) is 0.463. The summed E-state index contributed by atoms with van der Waals surface area (Å²) in [4.78, 5) is 24.0. The first-order valence-electron chi connectivity index (χ1n) is 7.01. The van der Waals surface area contributed by atoms with Gasteiger partial charge in [-0.05, 0) is 24.5 Å². The van der Waals surface area contributed by atoms with Crippen molar-refractivity contribution in [2.45, 2.75) is 26.2 Å². The number of carbonyl (C=O) groups excluding carboxylic acids is 1. The van der Waals surface area contributed by atoms with Crippen LogP contribution < -0.4 is 5.43 Å².